The van der Waals surface area contributed by atoms with E-state index in [1.54, 1.807) is 26.0 Å². The SMILES string of the molecule is CCOc1ccc(S(=O)(=O)N2CCN(C(=O)C(C)S(=O)(=O)C(C)C)CC2)cc1. The third-order valence-corrected chi connectivity index (χ3v) is 9.23. The number of sulfonamides is 1. The second-order valence-corrected chi connectivity index (χ2v) is 11.7. The lowest BCUT2D eigenvalue weighted by atomic mass is 10.3. The molecule has 1 saturated heterocycles. The number of piperazine rings is 1. The fraction of sp³-hybridized carbons (Fsp3) is 0.611. The van der Waals surface area contributed by atoms with E-state index in [2.05, 4.69) is 0 Å². The zero-order chi connectivity index (χ0) is 21.1. The van der Waals surface area contributed by atoms with E-state index in [4.69, 9.17) is 4.74 Å². The molecule has 1 aliphatic rings. The molecule has 1 aliphatic heterocycles. The second kappa shape index (κ2) is 8.79. The van der Waals surface area contributed by atoms with Crippen LogP contribution in [0.1, 0.15) is 27.7 Å². The number of hydrogen-bond acceptors (Lipinski definition) is 6. The van der Waals surface area contributed by atoms with Gasteiger partial charge in [-0.25, -0.2) is 16.8 Å². The summed E-state index contributed by atoms with van der Waals surface area (Å²) in [4.78, 5) is 14.1. The van der Waals surface area contributed by atoms with Crippen molar-refractivity contribution in [3.05, 3.63) is 24.3 Å². The Labute approximate surface area is 167 Å². The Morgan fingerprint density at radius 2 is 1.54 bits per heavy atom. The predicted octanol–water partition coefficient (Wildman–Crippen LogP) is 1.13. The molecule has 8 nitrogen and oxygen atoms in total. The third kappa shape index (κ3) is 4.66. The van der Waals surface area contributed by atoms with Crippen LogP contribution in [0.5, 0.6) is 5.75 Å². The molecule has 0 radical (unpaired) electrons. The van der Waals surface area contributed by atoms with Gasteiger partial charge < -0.3 is 9.64 Å². The summed E-state index contributed by atoms with van der Waals surface area (Å²) < 4.78 is 56.7. The number of sulfone groups is 1. The van der Waals surface area contributed by atoms with Crippen LogP contribution in [0.15, 0.2) is 29.2 Å². The molecule has 10 heteroatoms. The molecule has 1 aromatic carbocycles. The first-order chi connectivity index (χ1) is 13.0. The van der Waals surface area contributed by atoms with Crippen LogP contribution in [0, 0.1) is 0 Å². The summed E-state index contributed by atoms with van der Waals surface area (Å²) in [5, 5.41) is -1.78. The lowest BCUT2D eigenvalue weighted by molar-refractivity contribution is -0.131. The summed E-state index contributed by atoms with van der Waals surface area (Å²) in [7, 11) is -7.24. The van der Waals surface area contributed by atoms with Gasteiger partial charge in [-0.1, -0.05) is 0 Å². The minimum absolute atomic E-state index is 0.121. The van der Waals surface area contributed by atoms with E-state index in [0.29, 0.717) is 12.4 Å². The van der Waals surface area contributed by atoms with Gasteiger partial charge in [-0.2, -0.15) is 4.31 Å². The van der Waals surface area contributed by atoms with Crippen LogP contribution in [0.2, 0.25) is 0 Å². The van der Waals surface area contributed by atoms with Crippen molar-refractivity contribution in [2.24, 2.45) is 0 Å². The van der Waals surface area contributed by atoms with E-state index in [1.165, 1.54) is 28.3 Å². The quantitative estimate of drug-likeness (QED) is 0.640. The van der Waals surface area contributed by atoms with Crippen LogP contribution in [-0.2, 0) is 24.7 Å². The molecule has 0 aliphatic carbocycles. The van der Waals surface area contributed by atoms with Crippen molar-refractivity contribution in [2.45, 2.75) is 43.1 Å². The summed E-state index contributed by atoms with van der Waals surface area (Å²) >= 11 is 0. The van der Waals surface area contributed by atoms with Crippen LogP contribution < -0.4 is 4.74 Å². The Morgan fingerprint density at radius 1 is 1.00 bits per heavy atom. The van der Waals surface area contributed by atoms with Crippen molar-refractivity contribution in [1.29, 1.82) is 0 Å². The molecule has 28 heavy (non-hydrogen) atoms. The van der Waals surface area contributed by atoms with E-state index < -0.39 is 36.3 Å². The van der Waals surface area contributed by atoms with Gasteiger partial charge in [-0.3, -0.25) is 4.79 Å². The molecule has 0 bridgehead atoms. The standard InChI is InChI=1S/C18H28N2O6S2/c1-5-26-16-6-8-17(9-7-16)28(24,25)20-12-10-19(11-13-20)18(21)15(4)27(22,23)14(2)3/h6-9,14-15H,5,10-13H2,1-4H3. The van der Waals surface area contributed by atoms with Crippen LogP contribution >= 0.6 is 0 Å². The van der Waals surface area contributed by atoms with Crippen molar-refractivity contribution in [3.8, 4) is 5.75 Å². The summed E-state index contributed by atoms with van der Waals surface area (Å²) in [6.45, 7) is 7.37. The Bertz CT molecular complexity index is 887. The van der Waals surface area contributed by atoms with Gasteiger partial charge in [0.1, 0.15) is 11.0 Å². The van der Waals surface area contributed by atoms with E-state index >= 15 is 0 Å². The number of rotatable bonds is 7. The largest absolute Gasteiger partial charge is 0.494 e. The van der Waals surface area contributed by atoms with Gasteiger partial charge in [-0.15, -0.1) is 0 Å². The molecule has 1 heterocycles. The molecule has 158 valence electrons. The van der Waals surface area contributed by atoms with Crippen molar-refractivity contribution >= 4 is 25.8 Å². The molecular formula is C18H28N2O6S2. The molecule has 1 aromatic rings. The van der Waals surface area contributed by atoms with Crippen LogP contribution in [0.25, 0.3) is 0 Å². The van der Waals surface area contributed by atoms with E-state index in [1.807, 2.05) is 6.92 Å². The van der Waals surface area contributed by atoms with Crippen LogP contribution in [-0.4, -0.2) is 75.2 Å². The molecule has 0 aromatic heterocycles. The number of amides is 1. The normalized spacial score (nSPS) is 17.5. The summed E-state index contributed by atoms with van der Waals surface area (Å²) in [6, 6.07) is 6.20. The lowest BCUT2D eigenvalue weighted by Crippen LogP contribution is -2.53. The number of carbonyl (C=O) groups is 1. The molecular weight excluding hydrogens is 404 g/mol. The number of ether oxygens (including phenoxy) is 1. The Hall–Kier alpha value is -1.65. The number of nitrogens with zero attached hydrogens (tertiary/aromatic N) is 2. The highest BCUT2D eigenvalue weighted by Gasteiger charge is 2.36. The third-order valence-electron chi connectivity index (χ3n) is 4.82. The molecule has 1 fully saturated rings. The Balaban J connectivity index is 2.05. The molecule has 0 spiro atoms. The van der Waals surface area contributed by atoms with Gasteiger partial charge in [0, 0.05) is 26.2 Å². The molecule has 0 N–H and O–H groups in total. The zero-order valence-corrected chi connectivity index (χ0v) is 18.3. The minimum atomic E-state index is -3.68. The van der Waals surface area contributed by atoms with Gasteiger partial charge in [-0.05, 0) is 52.0 Å². The Morgan fingerprint density at radius 3 is 2.00 bits per heavy atom. The maximum atomic E-state index is 12.8. The van der Waals surface area contributed by atoms with Crippen molar-refractivity contribution in [3.63, 3.8) is 0 Å². The number of carbonyl (C=O) groups excluding carboxylic acids is 1. The molecule has 0 saturated carbocycles. The summed E-state index contributed by atoms with van der Waals surface area (Å²) in [5.41, 5.74) is 0. The van der Waals surface area contributed by atoms with E-state index in [-0.39, 0.29) is 31.1 Å². The van der Waals surface area contributed by atoms with Gasteiger partial charge >= 0.3 is 0 Å². The van der Waals surface area contributed by atoms with Gasteiger partial charge in [0.05, 0.1) is 16.8 Å². The molecule has 2 rings (SSSR count). The zero-order valence-electron chi connectivity index (χ0n) is 16.7. The highest BCUT2D eigenvalue weighted by Crippen LogP contribution is 2.21. The molecule has 1 unspecified atom stereocenters. The predicted molar refractivity (Wildman–Crippen MR) is 106 cm³/mol. The van der Waals surface area contributed by atoms with Crippen molar-refractivity contribution in [2.75, 3.05) is 32.8 Å². The van der Waals surface area contributed by atoms with Crippen LogP contribution in [0.4, 0.5) is 0 Å². The summed E-state index contributed by atoms with van der Waals surface area (Å²) in [6.07, 6.45) is 0. The number of benzene rings is 1. The lowest BCUT2D eigenvalue weighted by Gasteiger charge is -2.35. The van der Waals surface area contributed by atoms with E-state index in [9.17, 15) is 21.6 Å². The Kier molecular flexibility index (Phi) is 7.11. The average molecular weight is 433 g/mol. The van der Waals surface area contributed by atoms with Crippen molar-refractivity contribution < 1.29 is 26.4 Å². The summed E-state index contributed by atoms with van der Waals surface area (Å²) in [5.74, 6) is 0.115. The number of hydrogen-bond donors (Lipinski definition) is 0. The first-order valence-electron chi connectivity index (χ1n) is 9.26. The van der Waals surface area contributed by atoms with Gasteiger partial charge in [0.15, 0.2) is 9.84 Å². The molecule has 1 atom stereocenters. The van der Waals surface area contributed by atoms with Crippen LogP contribution in [0.3, 0.4) is 0 Å². The average Bonchev–Trinajstić information content (AvgIpc) is 2.67. The first kappa shape index (κ1) is 22.6. The monoisotopic (exact) mass is 432 g/mol. The molecule has 1 amide bonds. The topological polar surface area (TPSA) is 101 Å². The minimum Gasteiger partial charge on any atom is -0.494 e. The second-order valence-electron chi connectivity index (χ2n) is 6.91. The smallest absolute Gasteiger partial charge is 0.243 e. The van der Waals surface area contributed by atoms with Crippen molar-refractivity contribution in [1.82, 2.24) is 9.21 Å². The maximum Gasteiger partial charge on any atom is 0.243 e. The highest BCUT2D eigenvalue weighted by molar-refractivity contribution is 7.93. The van der Waals surface area contributed by atoms with E-state index in [0.717, 1.165) is 0 Å². The van der Waals surface area contributed by atoms with Gasteiger partial charge in [0.25, 0.3) is 0 Å². The fourth-order valence-electron chi connectivity index (χ4n) is 2.98. The maximum absolute atomic E-state index is 12.8. The highest BCUT2D eigenvalue weighted by atomic mass is 32.2. The first-order valence-corrected chi connectivity index (χ1v) is 12.3. The fourth-order valence-corrected chi connectivity index (χ4v) is 5.65. The van der Waals surface area contributed by atoms with Gasteiger partial charge in [0.2, 0.25) is 15.9 Å².